The van der Waals surface area contributed by atoms with Gasteiger partial charge in [-0.1, -0.05) is 0 Å². The lowest BCUT2D eigenvalue weighted by molar-refractivity contribution is 0.0970. The van der Waals surface area contributed by atoms with Crippen LogP contribution in [-0.2, 0) is 0 Å². The van der Waals surface area contributed by atoms with Gasteiger partial charge in [0.1, 0.15) is 6.33 Å². The van der Waals surface area contributed by atoms with Gasteiger partial charge in [-0.25, -0.2) is 9.97 Å². The molecule has 0 bridgehead atoms. The van der Waals surface area contributed by atoms with Crippen molar-refractivity contribution in [1.29, 1.82) is 0 Å². The predicted molar refractivity (Wildman–Crippen MR) is 61.2 cm³/mol. The lowest BCUT2D eigenvalue weighted by Gasteiger charge is -2.21. The molecule has 0 aliphatic carbocycles. The summed E-state index contributed by atoms with van der Waals surface area (Å²) in [6.45, 7) is 2.18. The highest BCUT2D eigenvalue weighted by molar-refractivity contribution is 5.95. The van der Waals surface area contributed by atoms with Crippen molar-refractivity contribution >= 4 is 5.78 Å². The third kappa shape index (κ3) is 3.10. The molecule has 2 rings (SSSR count). The fourth-order valence-electron chi connectivity index (χ4n) is 2.09. The molecule has 4 nitrogen and oxygen atoms in total. The maximum atomic E-state index is 11.8. The first-order valence-corrected chi connectivity index (χ1v) is 5.85. The van der Waals surface area contributed by atoms with Gasteiger partial charge in [0.25, 0.3) is 0 Å². The molecule has 2 heterocycles. The minimum Gasteiger partial charge on any atom is -0.317 e. The molecule has 1 aromatic heterocycles. The van der Waals surface area contributed by atoms with Crippen LogP contribution in [0.1, 0.15) is 36.0 Å². The number of carbonyl (C=O) groups excluding carboxylic acids is 1. The largest absolute Gasteiger partial charge is 0.317 e. The topological polar surface area (TPSA) is 54.9 Å². The number of aromatic nitrogens is 2. The SMILES string of the molecule is O=C(CCC1CCNCC1)c1cncnc1. The summed E-state index contributed by atoms with van der Waals surface area (Å²) >= 11 is 0. The molecule has 1 N–H and O–H groups in total. The molecule has 4 heteroatoms. The Morgan fingerprint density at radius 2 is 2.00 bits per heavy atom. The fraction of sp³-hybridized carbons (Fsp3) is 0.583. The lowest BCUT2D eigenvalue weighted by Crippen LogP contribution is -2.28. The zero-order valence-electron chi connectivity index (χ0n) is 9.35. The van der Waals surface area contributed by atoms with Gasteiger partial charge in [-0.3, -0.25) is 4.79 Å². The van der Waals surface area contributed by atoms with Crippen molar-refractivity contribution in [2.75, 3.05) is 13.1 Å². The number of Topliss-reactive ketones (excluding diaryl/α,β-unsaturated/α-hetero) is 1. The molecule has 1 saturated heterocycles. The van der Waals surface area contributed by atoms with Crippen LogP contribution in [0.3, 0.4) is 0 Å². The molecule has 0 atom stereocenters. The van der Waals surface area contributed by atoms with Crippen LogP contribution in [0.15, 0.2) is 18.7 Å². The van der Waals surface area contributed by atoms with Crippen LogP contribution < -0.4 is 5.32 Å². The Kier molecular flexibility index (Phi) is 3.99. The summed E-state index contributed by atoms with van der Waals surface area (Å²) in [5.74, 6) is 0.869. The van der Waals surface area contributed by atoms with E-state index < -0.39 is 0 Å². The van der Waals surface area contributed by atoms with Crippen molar-refractivity contribution in [1.82, 2.24) is 15.3 Å². The van der Waals surface area contributed by atoms with E-state index in [2.05, 4.69) is 15.3 Å². The van der Waals surface area contributed by atoms with E-state index in [9.17, 15) is 4.79 Å². The van der Waals surface area contributed by atoms with Crippen LogP contribution >= 0.6 is 0 Å². The minimum absolute atomic E-state index is 0.166. The first-order valence-electron chi connectivity index (χ1n) is 5.85. The number of ketones is 1. The molecular weight excluding hydrogens is 202 g/mol. The lowest BCUT2D eigenvalue weighted by atomic mass is 9.91. The Morgan fingerprint density at radius 1 is 1.31 bits per heavy atom. The van der Waals surface area contributed by atoms with Crippen LogP contribution in [0.25, 0.3) is 0 Å². The van der Waals surface area contributed by atoms with Gasteiger partial charge in [0.05, 0.1) is 5.56 Å². The van der Waals surface area contributed by atoms with Crippen molar-refractivity contribution in [2.24, 2.45) is 5.92 Å². The second-order valence-electron chi connectivity index (χ2n) is 4.28. The van der Waals surface area contributed by atoms with Gasteiger partial charge in [0.2, 0.25) is 0 Å². The van der Waals surface area contributed by atoms with Gasteiger partial charge >= 0.3 is 0 Å². The first-order chi connectivity index (χ1) is 7.86. The summed E-state index contributed by atoms with van der Waals surface area (Å²) in [7, 11) is 0. The number of nitrogens with zero attached hydrogens (tertiary/aromatic N) is 2. The highest BCUT2D eigenvalue weighted by Gasteiger charge is 2.15. The van der Waals surface area contributed by atoms with Crippen molar-refractivity contribution in [2.45, 2.75) is 25.7 Å². The van der Waals surface area contributed by atoms with Crippen LogP contribution in [0.5, 0.6) is 0 Å². The quantitative estimate of drug-likeness (QED) is 0.778. The van der Waals surface area contributed by atoms with E-state index in [4.69, 9.17) is 0 Å². The van der Waals surface area contributed by atoms with E-state index in [1.807, 2.05) is 0 Å². The number of hydrogen-bond acceptors (Lipinski definition) is 4. The van der Waals surface area contributed by atoms with Crippen LogP contribution in [0.2, 0.25) is 0 Å². The van der Waals surface area contributed by atoms with Crippen LogP contribution in [0, 0.1) is 5.92 Å². The standard InChI is InChI=1S/C12H17N3O/c16-12(11-7-14-9-15-8-11)2-1-10-3-5-13-6-4-10/h7-10,13H,1-6H2. The third-order valence-corrected chi connectivity index (χ3v) is 3.12. The average Bonchev–Trinajstić information content (AvgIpc) is 2.38. The first kappa shape index (κ1) is 11.2. The maximum Gasteiger partial charge on any atom is 0.165 e. The number of rotatable bonds is 4. The smallest absolute Gasteiger partial charge is 0.165 e. The second kappa shape index (κ2) is 5.70. The van der Waals surface area contributed by atoms with Crippen molar-refractivity contribution in [3.63, 3.8) is 0 Å². The van der Waals surface area contributed by atoms with E-state index >= 15 is 0 Å². The van der Waals surface area contributed by atoms with Gasteiger partial charge in [-0.2, -0.15) is 0 Å². The van der Waals surface area contributed by atoms with Crippen LogP contribution in [-0.4, -0.2) is 28.8 Å². The molecular formula is C12H17N3O. The Hall–Kier alpha value is -1.29. The summed E-state index contributed by atoms with van der Waals surface area (Å²) in [6, 6.07) is 0. The zero-order valence-corrected chi connectivity index (χ0v) is 9.35. The monoisotopic (exact) mass is 219 g/mol. The number of nitrogens with one attached hydrogen (secondary N) is 1. The molecule has 1 aliphatic rings. The molecule has 0 spiro atoms. The summed E-state index contributed by atoms with van der Waals surface area (Å²) in [5, 5.41) is 3.33. The molecule has 1 aromatic rings. The van der Waals surface area contributed by atoms with Gasteiger partial charge in [-0.15, -0.1) is 0 Å². The molecule has 1 aliphatic heterocycles. The third-order valence-electron chi connectivity index (χ3n) is 3.12. The molecule has 0 amide bonds. The molecule has 0 saturated carbocycles. The molecule has 86 valence electrons. The number of carbonyl (C=O) groups is 1. The van der Waals surface area contributed by atoms with Gasteiger partial charge < -0.3 is 5.32 Å². The summed E-state index contributed by atoms with van der Waals surface area (Å²) < 4.78 is 0. The van der Waals surface area contributed by atoms with Gasteiger partial charge in [0, 0.05) is 18.8 Å². The highest BCUT2D eigenvalue weighted by atomic mass is 16.1. The van der Waals surface area contributed by atoms with Crippen LogP contribution in [0.4, 0.5) is 0 Å². The zero-order chi connectivity index (χ0) is 11.2. The van der Waals surface area contributed by atoms with E-state index in [-0.39, 0.29) is 5.78 Å². The Balaban J connectivity index is 1.79. The van der Waals surface area contributed by atoms with E-state index in [0.717, 1.165) is 19.5 Å². The molecule has 1 fully saturated rings. The molecule has 0 unspecified atom stereocenters. The van der Waals surface area contributed by atoms with Crippen molar-refractivity contribution in [3.8, 4) is 0 Å². The molecule has 0 aromatic carbocycles. The minimum atomic E-state index is 0.166. The Morgan fingerprint density at radius 3 is 2.69 bits per heavy atom. The highest BCUT2D eigenvalue weighted by Crippen LogP contribution is 2.18. The number of hydrogen-bond donors (Lipinski definition) is 1. The van der Waals surface area contributed by atoms with Gasteiger partial charge in [-0.05, 0) is 38.3 Å². The summed E-state index contributed by atoms with van der Waals surface area (Å²) in [5.41, 5.74) is 0.636. The normalized spacial score (nSPS) is 17.2. The second-order valence-corrected chi connectivity index (χ2v) is 4.28. The van der Waals surface area contributed by atoms with E-state index in [1.54, 1.807) is 12.4 Å². The maximum absolute atomic E-state index is 11.8. The molecule has 0 radical (unpaired) electrons. The van der Waals surface area contributed by atoms with E-state index in [1.165, 1.54) is 19.2 Å². The number of piperidine rings is 1. The summed E-state index contributed by atoms with van der Waals surface area (Å²) in [4.78, 5) is 19.5. The van der Waals surface area contributed by atoms with Gasteiger partial charge in [0.15, 0.2) is 5.78 Å². The fourth-order valence-corrected chi connectivity index (χ4v) is 2.09. The van der Waals surface area contributed by atoms with E-state index in [0.29, 0.717) is 17.9 Å². The predicted octanol–water partition coefficient (Wildman–Crippen LogP) is 1.44. The van der Waals surface area contributed by atoms with Crippen molar-refractivity contribution in [3.05, 3.63) is 24.3 Å². The Labute approximate surface area is 95.5 Å². The average molecular weight is 219 g/mol. The Bertz CT molecular complexity index is 333. The summed E-state index contributed by atoms with van der Waals surface area (Å²) in [6.07, 6.45) is 8.64. The molecule has 16 heavy (non-hydrogen) atoms. The van der Waals surface area contributed by atoms with Crippen molar-refractivity contribution < 1.29 is 4.79 Å².